The maximum atomic E-state index is 4.13. The second-order valence-corrected chi connectivity index (χ2v) is 5.50. The van der Waals surface area contributed by atoms with Gasteiger partial charge in [0.15, 0.2) is 0 Å². The van der Waals surface area contributed by atoms with Gasteiger partial charge in [0.1, 0.15) is 0 Å². The van der Waals surface area contributed by atoms with Crippen LogP contribution in [-0.4, -0.2) is 9.97 Å². The minimum Gasteiger partial charge on any atom is -0.250 e. The third kappa shape index (κ3) is 6.69. The first-order valence-corrected chi connectivity index (χ1v) is 7.05. The van der Waals surface area contributed by atoms with Crippen molar-refractivity contribution in [1.82, 2.24) is 9.97 Å². The average Bonchev–Trinajstić information content (AvgIpc) is 2.80. The van der Waals surface area contributed by atoms with Gasteiger partial charge in [0.2, 0.25) is 0 Å². The summed E-state index contributed by atoms with van der Waals surface area (Å²) in [5, 5.41) is 4.35. The molecule has 0 saturated heterocycles. The molecule has 0 aliphatic carbocycles. The lowest BCUT2D eigenvalue weighted by molar-refractivity contribution is 1.20. The highest BCUT2D eigenvalue weighted by Gasteiger charge is 1.86. The summed E-state index contributed by atoms with van der Waals surface area (Å²) in [7, 11) is 0. The quantitative estimate of drug-likeness (QED) is 0.691. The van der Waals surface area contributed by atoms with Gasteiger partial charge in [-0.2, -0.15) is 0 Å². The molecule has 2 aromatic rings. The molecule has 0 atom stereocenters. The van der Waals surface area contributed by atoms with Crippen LogP contribution in [0.5, 0.6) is 0 Å². The first-order chi connectivity index (χ1) is 7.58. The van der Waals surface area contributed by atoms with Gasteiger partial charge >= 0.3 is 0 Å². The number of rotatable bonds is 0. The minimum absolute atomic E-state index is 1.13. The smallest absolute Gasteiger partial charge is 0.0897 e. The predicted octanol–water partition coefficient (Wildman–Crippen LogP) is 4.55. The molecule has 0 N–H and O–H groups in total. The molecule has 0 spiro atoms. The van der Waals surface area contributed by atoms with Crippen LogP contribution in [-0.2, 0) is 0 Å². The van der Waals surface area contributed by atoms with Crippen LogP contribution in [0.3, 0.4) is 0 Å². The maximum absolute atomic E-state index is 4.13. The highest BCUT2D eigenvalue weighted by Crippen LogP contribution is 2.07. The number of hydrogen-bond donors (Lipinski definition) is 0. The molecule has 2 aromatic heterocycles. The number of aryl methyl sites for hydroxylation is 4. The third-order valence-electron chi connectivity index (χ3n) is 1.47. The Kier molecular flexibility index (Phi) is 8.03. The van der Waals surface area contributed by atoms with Gasteiger partial charge in [-0.15, -0.1) is 22.7 Å². The third-order valence-corrected chi connectivity index (χ3v) is 3.19. The van der Waals surface area contributed by atoms with Crippen molar-refractivity contribution in [3.05, 3.63) is 32.2 Å². The summed E-state index contributed by atoms with van der Waals surface area (Å²) in [5.74, 6) is 0. The van der Waals surface area contributed by atoms with Crippen LogP contribution in [0.2, 0.25) is 0 Å². The summed E-state index contributed by atoms with van der Waals surface area (Å²) in [6.07, 6.45) is 1.89. The van der Waals surface area contributed by atoms with Gasteiger partial charge in [0, 0.05) is 22.1 Å². The van der Waals surface area contributed by atoms with Crippen LogP contribution in [0.4, 0.5) is 0 Å². The molecule has 2 rings (SSSR count). The molecule has 0 aliphatic rings. The van der Waals surface area contributed by atoms with Crippen molar-refractivity contribution in [2.45, 2.75) is 41.5 Å². The zero-order chi connectivity index (χ0) is 12.6. The van der Waals surface area contributed by atoms with Crippen LogP contribution in [0.1, 0.15) is 34.4 Å². The average molecular weight is 256 g/mol. The summed E-state index contributed by atoms with van der Waals surface area (Å²) in [5.41, 5.74) is 1.13. The van der Waals surface area contributed by atoms with E-state index in [0.717, 1.165) is 15.7 Å². The van der Waals surface area contributed by atoms with Crippen LogP contribution < -0.4 is 0 Å². The lowest BCUT2D eigenvalue weighted by atomic mass is 10.6. The van der Waals surface area contributed by atoms with Crippen molar-refractivity contribution in [3.63, 3.8) is 0 Å². The second kappa shape index (κ2) is 8.42. The molecule has 0 saturated carbocycles. The Balaban J connectivity index is 0.000000244. The SMILES string of the molecule is CC.Cc1cnc(C)s1.Cc1csc(C)n1. The lowest BCUT2D eigenvalue weighted by Crippen LogP contribution is -1.67. The van der Waals surface area contributed by atoms with Gasteiger partial charge in [0.05, 0.1) is 10.0 Å². The molecule has 0 radical (unpaired) electrons. The van der Waals surface area contributed by atoms with E-state index in [-0.39, 0.29) is 0 Å². The first kappa shape index (κ1) is 15.3. The van der Waals surface area contributed by atoms with Gasteiger partial charge in [-0.1, -0.05) is 13.8 Å². The highest BCUT2D eigenvalue weighted by molar-refractivity contribution is 7.11. The minimum atomic E-state index is 1.13. The molecule has 16 heavy (non-hydrogen) atoms. The molecular weight excluding hydrogens is 236 g/mol. The number of nitrogens with zero attached hydrogens (tertiary/aromatic N) is 2. The molecule has 2 nitrogen and oxygen atoms in total. The maximum Gasteiger partial charge on any atom is 0.0897 e. The summed E-state index contributed by atoms with van der Waals surface area (Å²) >= 11 is 3.42. The van der Waals surface area contributed by atoms with Crippen molar-refractivity contribution < 1.29 is 0 Å². The van der Waals surface area contributed by atoms with Crippen LogP contribution in [0.25, 0.3) is 0 Å². The summed E-state index contributed by atoms with van der Waals surface area (Å²) < 4.78 is 0. The largest absolute Gasteiger partial charge is 0.250 e. The molecule has 90 valence electrons. The van der Waals surface area contributed by atoms with Crippen LogP contribution >= 0.6 is 22.7 Å². The topological polar surface area (TPSA) is 25.8 Å². The van der Waals surface area contributed by atoms with Crippen molar-refractivity contribution in [2.24, 2.45) is 0 Å². The van der Waals surface area contributed by atoms with Crippen molar-refractivity contribution in [1.29, 1.82) is 0 Å². The molecule has 0 unspecified atom stereocenters. The van der Waals surface area contributed by atoms with Gasteiger partial charge in [-0.3, -0.25) is 0 Å². The molecule has 0 amide bonds. The van der Waals surface area contributed by atoms with E-state index in [4.69, 9.17) is 0 Å². The molecular formula is C12H20N2S2. The van der Waals surface area contributed by atoms with E-state index in [0.29, 0.717) is 0 Å². The molecule has 0 fully saturated rings. The van der Waals surface area contributed by atoms with Crippen molar-refractivity contribution >= 4 is 22.7 Å². The van der Waals surface area contributed by atoms with E-state index in [1.807, 2.05) is 40.8 Å². The van der Waals surface area contributed by atoms with Gasteiger partial charge < -0.3 is 0 Å². The summed E-state index contributed by atoms with van der Waals surface area (Å²) in [6.45, 7) is 12.1. The predicted molar refractivity (Wildman–Crippen MR) is 74.5 cm³/mol. The Morgan fingerprint density at radius 2 is 1.62 bits per heavy atom. The highest BCUT2D eigenvalue weighted by atomic mass is 32.1. The van der Waals surface area contributed by atoms with Crippen LogP contribution in [0.15, 0.2) is 11.6 Å². The van der Waals surface area contributed by atoms with E-state index in [1.54, 1.807) is 22.7 Å². The molecule has 4 heteroatoms. The van der Waals surface area contributed by atoms with Crippen molar-refractivity contribution in [3.8, 4) is 0 Å². The van der Waals surface area contributed by atoms with E-state index in [9.17, 15) is 0 Å². The summed E-state index contributed by atoms with van der Waals surface area (Å²) in [4.78, 5) is 9.45. The Labute approximate surface area is 106 Å². The summed E-state index contributed by atoms with van der Waals surface area (Å²) in [6, 6.07) is 0. The molecule has 0 aliphatic heterocycles. The second-order valence-electron chi connectivity index (χ2n) is 3.00. The van der Waals surface area contributed by atoms with E-state index in [1.165, 1.54) is 4.88 Å². The van der Waals surface area contributed by atoms with Crippen LogP contribution in [0, 0.1) is 27.7 Å². The zero-order valence-corrected chi connectivity index (χ0v) is 12.5. The number of thiazole rings is 2. The monoisotopic (exact) mass is 256 g/mol. The number of aromatic nitrogens is 2. The van der Waals surface area contributed by atoms with E-state index in [2.05, 4.69) is 22.3 Å². The lowest BCUT2D eigenvalue weighted by Gasteiger charge is -1.71. The fraction of sp³-hybridized carbons (Fsp3) is 0.500. The van der Waals surface area contributed by atoms with Crippen molar-refractivity contribution in [2.75, 3.05) is 0 Å². The Morgan fingerprint density at radius 1 is 1.00 bits per heavy atom. The molecule has 0 aromatic carbocycles. The standard InChI is InChI=1S/2C5H7NS.C2H6/c1-4-3-7-5(2)6-4;1-4-3-6-5(2)7-4;1-2/h2*3H,1-2H3;1-2H3. The fourth-order valence-corrected chi connectivity index (χ4v) is 2.21. The van der Waals surface area contributed by atoms with E-state index < -0.39 is 0 Å². The zero-order valence-electron chi connectivity index (χ0n) is 10.9. The molecule has 0 bridgehead atoms. The Morgan fingerprint density at radius 3 is 1.75 bits per heavy atom. The number of hydrogen-bond acceptors (Lipinski definition) is 4. The normalized spacial score (nSPS) is 8.62. The fourth-order valence-electron chi connectivity index (χ4n) is 0.939. The Hall–Kier alpha value is -0.740. The Bertz CT molecular complexity index is 320. The van der Waals surface area contributed by atoms with Gasteiger partial charge in [0.25, 0.3) is 0 Å². The molecule has 2 heterocycles. The van der Waals surface area contributed by atoms with E-state index >= 15 is 0 Å². The van der Waals surface area contributed by atoms with Gasteiger partial charge in [-0.05, 0) is 27.7 Å². The van der Waals surface area contributed by atoms with Gasteiger partial charge in [-0.25, -0.2) is 9.97 Å². The first-order valence-electron chi connectivity index (χ1n) is 5.35.